The number of aromatic nitrogens is 2. The number of hydrogen-bond donors (Lipinski definition) is 1. The van der Waals surface area contributed by atoms with Crippen LogP contribution in [0.15, 0.2) is 24.5 Å². The zero-order valence-corrected chi connectivity index (χ0v) is 13.3. The molecule has 0 unspecified atom stereocenters. The highest BCUT2D eigenvalue weighted by Crippen LogP contribution is 2.33. The third-order valence-corrected chi connectivity index (χ3v) is 3.71. The van der Waals surface area contributed by atoms with E-state index in [0.29, 0.717) is 33.2 Å². The number of ether oxygens (including phenoxy) is 1. The van der Waals surface area contributed by atoms with Crippen LogP contribution >= 0.6 is 34.8 Å². The van der Waals surface area contributed by atoms with Crippen molar-refractivity contribution >= 4 is 40.7 Å². The molecule has 0 aliphatic carbocycles. The summed E-state index contributed by atoms with van der Waals surface area (Å²) in [6.45, 7) is 0.208. The van der Waals surface area contributed by atoms with Gasteiger partial charge in [0, 0.05) is 25.5 Å². The summed E-state index contributed by atoms with van der Waals surface area (Å²) in [7, 11) is 1.66. The molecule has 0 fully saturated rings. The van der Waals surface area contributed by atoms with Crippen LogP contribution in [0.25, 0.3) is 0 Å². The van der Waals surface area contributed by atoms with Crippen LogP contribution in [0.5, 0.6) is 5.75 Å². The third kappa shape index (κ3) is 4.27. The average Bonchev–Trinajstić information content (AvgIpc) is 2.93. The number of nitrogens with zero attached hydrogens (tertiary/aromatic N) is 2. The maximum absolute atomic E-state index is 12.0. The fraction of sp³-hybridized carbons (Fsp3) is 0.231. The molecule has 0 bridgehead atoms. The lowest BCUT2D eigenvalue weighted by Crippen LogP contribution is -2.31. The fourth-order valence-corrected chi connectivity index (χ4v) is 2.15. The van der Waals surface area contributed by atoms with Gasteiger partial charge in [-0.2, -0.15) is 0 Å². The first-order valence-corrected chi connectivity index (χ1v) is 7.10. The first-order valence-electron chi connectivity index (χ1n) is 5.97. The van der Waals surface area contributed by atoms with Gasteiger partial charge >= 0.3 is 0 Å². The quantitative estimate of drug-likeness (QED) is 0.842. The summed E-state index contributed by atoms with van der Waals surface area (Å²) in [4.78, 5) is 20.4. The Balaban J connectivity index is 1.93. The van der Waals surface area contributed by atoms with E-state index in [0.717, 1.165) is 0 Å². The molecule has 0 aliphatic rings. The summed E-state index contributed by atoms with van der Waals surface area (Å²) in [5, 5.41) is 0.939. The predicted octanol–water partition coefficient (Wildman–Crippen LogP) is 3.41. The van der Waals surface area contributed by atoms with E-state index in [4.69, 9.17) is 39.5 Å². The molecular weight excluding hydrogens is 337 g/mol. The smallest absolute Gasteiger partial charge is 0.260 e. The van der Waals surface area contributed by atoms with Gasteiger partial charge in [0.05, 0.1) is 21.6 Å². The van der Waals surface area contributed by atoms with Crippen molar-refractivity contribution in [1.29, 1.82) is 0 Å². The molecule has 112 valence electrons. The van der Waals surface area contributed by atoms with Gasteiger partial charge in [-0.25, -0.2) is 4.98 Å². The van der Waals surface area contributed by atoms with Crippen LogP contribution < -0.4 is 4.74 Å². The second kappa shape index (κ2) is 7.02. The Kier molecular flexibility index (Phi) is 5.33. The summed E-state index contributed by atoms with van der Waals surface area (Å²) in [5.41, 5.74) is 0. The number of nitrogens with one attached hydrogen (secondary N) is 1. The minimum Gasteiger partial charge on any atom is -0.482 e. The average molecular weight is 349 g/mol. The molecule has 8 heteroatoms. The van der Waals surface area contributed by atoms with Crippen LogP contribution in [0.2, 0.25) is 15.1 Å². The molecule has 1 amide bonds. The maximum Gasteiger partial charge on any atom is 0.260 e. The van der Waals surface area contributed by atoms with Gasteiger partial charge < -0.3 is 14.6 Å². The van der Waals surface area contributed by atoms with Crippen molar-refractivity contribution in [2.45, 2.75) is 6.54 Å². The molecule has 0 radical (unpaired) electrons. The molecule has 0 spiro atoms. The van der Waals surface area contributed by atoms with Gasteiger partial charge in [0.2, 0.25) is 0 Å². The van der Waals surface area contributed by atoms with Crippen LogP contribution in [-0.4, -0.2) is 34.4 Å². The highest BCUT2D eigenvalue weighted by molar-refractivity contribution is 6.43. The molecule has 1 aromatic carbocycles. The zero-order chi connectivity index (χ0) is 15.4. The molecule has 2 rings (SSSR count). The Morgan fingerprint density at radius 2 is 2.00 bits per heavy atom. The van der Waals surface area contributed by atoms with Gasteiger partial charge in [-0.3, -0.25) is 4.79 Å². The summed E-state index contributed by atoms with van der Waals surface area (Å²) in [6, 6.07) is 2.95. The van der Waals surface area contributed by atoms with E-state index < -0.39 is 0 Å². The second-order valence-electron chi connectivity index (χ2n) is 4.27. The van der Waals surface area contributed by atoms with E-state index in [2.05, 4.69) is 9.97 Å². The van der Waals surface area contributed by atoms with Crippen LogP contribution in [0.1, 0.15) is 5.82 Å². The predicted molar refractivity (Wildman–Crippen MR) is 82.0 cm³/mol. The molecule has 2 aromatic rings. The molecule has 0 saturated heterocycles. The number of likely N-dealkylation sites (N-methyl/N-ethyl adjacent to an activating group) is 1. The molecule has 21 heavy (non-hydrogen) atoms. The number of rotatable bonds is 5. The first kappa shape index (κ1) is 15.9. The van der Waals surface area contributed by atoms with E-state index in [1.165, 1.54) is 17.0 Å². The standard InChI is InChI=1S/C13H12Cl3N3O2/c1-19(6-12-17-2-3-18-12)13(20)7-21-11-5-9(15)8(14)4-10(11)16/h2-5H,6-7H2,1H3,(H,17,18). The summed E-state index contributed by atoms with van der Waals surface area (Å²) in [6.07, 6.45) is 3.32. The molecule has 1 heterocycles. The largest absolute Gasteiger partial charge is 0.482 e. The number of H-pyrrole nitrogens is 1. The van der Waals surface area contributed by atoms with Gasteiger partial charge in [-0.15, -0.1) is 0 Å². The third-order valence-electron chi connectivity index (χ3n) is 2.69. The van der Waals surface area contributed by atoms with Crippen LogP contribution in [0.4, 0.5) is 0 Å². The molecular formula is C13H12Cl3N3O2. The molecule has 1 aromatic heterocycles. The number of benzene rings is 1. The monoisotopic (exact) mass is 347 g/mol. The normalized spacial score (nSPS) is 10.5. The van der Waals surface area contributed by atoms with Gasteiger partial charge in [0.25, 0.3) is 5.91 Å². The van der Waals surface area contributed by atoms with Crippen molar-refractivity contribution in [1.82, 2.24) is 14.9 Å². The number of carbonyl (C=O) groups excluding carboxylic acids is 1. The van der Waals surface area contributed by atoms with E-state index >= 15 is 0 Å². The minimum atomic E-state index is -0.214. The molecule has 0 aliphatic heterocycles. The Labute approximate surface area is 136 Å². The Bertz CT molecular complexity index is 632. The number of amides is 1. The van der Waals surface area contributed by atoms with Crippen LogP contribution in [0, 0.1) is 0 Å². The van der Waals surface area contributed by atoms with Crippen LogP contribution in [0.3, 0.4) is 0 Å². The first-order chi connectivity index (χ1) is 9.97. The van der Waals surface area contributed by atoms with Crippen molar-refractivity contribution < 1.29 is 9.53 Å². The molecule has 1 N–H and O–H groups in total. The number of imidazole rings is 1. The molecule has 5 nitrogen and oxygen atoms in total. The SMILES string of the molecule is CN(Cc1ncc[nH]1)C(=O)COc1cc(Cl)c(Cl)cc1Cl. The Morgan fingerprint density at radius 3 is 2.67 bits per heavy atom. The molecule has 0 atom stereocenters. The minimum absolute atomic E-state index is 0.158. The lowest BCUT2D eigenvalue weighted by molar-refractivity contribution is -0.132. The second-order valence-corrected chi connectivity index (χ2v) is 5.49. The molecule has 0 saturated carbocycles. The van der Waals surface area contributed by atoms with Crippen molar-refractivity contribution in [2.75, 3.05) is 13.7 Å². The highest BCUT2D eigenvalue weighted by Gasteiger charge is 2.13. The van der Waals surface area contributed by atoms with E-state index in [-0.39, 0.29) is 12.5 Å². The highest BCUT2D eigenvalue weighted by atomic mass is 35.5. The lowest BCUT2D eigenvalue weighted by Gasteiger charge is -2.16. The van der Waals surface area contributed by atoms with Gasteiger partial charge in [-0.1, -0.05) is 34.8 Å². The number of carbonyl (C=O) groups is 1. The van der Waals surface area contributed by atoms with Crippen molar-refractivity contribution in [3.8, 4) is 5.75 Å². The van der Waals surface area contributed by atoms with Crippen molar-refractivity contribution in [3.05, 3.63) is 45.4 Å². The van der Waals surface area contributed by atoms with E-state index in [1.807, 2.05) is 0 Å². The lowest BCUT2D eigenvalue weighted by atomic mass is 10.3. The number of aromatic amines is 1. The topological polar surface area (TPSA) is 58.2 Å². The number of halogens is 3. The van der Waals surface area contributed by atoms with E-state index in [9.17, 15) is 4.79 Å². The summed E-state index contributed by atoms with van der Waals surface area (Å²) < 4.78 is 5.38. The number of hydrogen-bond acceptors (Lipinski definition) is 3. The van der Waals surface area contributed by atoms with Gasteiger partial charge in [0.1, 0.15) is 11.6 Å². The van der Waals surface area contributed by atoms with Gasteiger partial charge in [0.15, 0.2) is 6.61 Å². The summed E-state index contributed by atoms with van der Waals surface area (Å²) >= 11 is 17.7. The Hall–Kier alpha value is -1.43. The zero-order valence-electron chi connectivity index (χ0n) is 11.1. The van der Waals surface area contributed by atoms with Crippen molar-refractivity contribution in [2.24, 2.45) is 0 Å². The van der Waals surface area contributed by atoms with Crippen molar-refractivity contribution in [3.63, 3.8) is 0 Å². The maximum atomic E-state index is 12.0. The summed E-state index contributed by atoms with van der Waals surface area (Å²) in [5.74, 6) is 0.790. The fourth-order valence-electron chi connectivity index (χ4n) is 1.56. The van der Waals surface area contributed by atoms with E-state index in [1.54, 1.807) is 19.4 Å². The van der Waals surface area contributed by atoms with Gasteiger partial charge in [-0.05, 0) is 6.07 Å². The van der Waals surface area contributed by atoms with Crippen LogP contribution in [-0.2, 0) is 11.3 Å². The Morgan fingerprint density at radius 1 is 1.29 bits per heavy atom.